The summed E-state index contributed by atoms with van der Waals surface area (Å²) in [7, 11) is 0. The summed E-state index contributed by atoms with van der Waals surface area (Å²) in [5.41, 5.74) is 0. The average Bonchev–Trinajstić information content (AvgIpc) is 2.63. The van der Waals surface area contributed by atoms with Crippen LogP contribution in [0.25, 0.3) is 0 Å². The van der Waals surface area contributed by atoms with Gasteiger partial charge in [0.15, 0.2) is 0 Å². The second-order valence-electron chi connectivity index (χ2n) is 8.14. The van der Waals surface area contributed by atoms with Crippen LogP contribution in [0, 0.1) is 0 Å². The minimum absolute atomic E-state index is 0.483. The Morgan fingerprint density at radius 1 is 0.320 bits per heavy atom. The molecule has 0 saturated heterocycles. The molecule has 0 nitrogen and oxygen atoms in total. The molecule has 0 N–H and O–H groups in total. The molecule has 0 atom stereocenters. The first kappa shape index (κ1) is 25.6. The molecule has 0 radical (unpaired) electrons. The number of hydrogen-bond donors (Lipinski definition) is 0. The third-order valence-electron chi connectivity index (χ3n) is 5.48. The van der Waals surface area contributed by atoms with Crippen molar-refractivity contribution < 1.29 is 0 Å². The first-order valence-electron chi connectivity index (χ1n) is 12.1. The summed E-state index contributed by atoms with van der Waals surface area (Å²) in [6.07, 6.45) is 26.8. The maximum absolute atomic E-state index is 2.32. The van der Waals surface area contributed by atoms with Crippen molar-refractivity contribution in [3.8, 4) is 0 Å². The van der Waals surface area contributed by atoms with Crippen molar-refractivity contribution in [3.05, 3.63) is 0 Å². The number of unbranched alkanes of at least 4 members (excludes halogenated alkanes) is 15. The van der Waals surface area contributed by atoms with Crippen LogP contribution in [-0.2, 0) is 0 Å². The second-order valence-corrected chi connectivity index (χ2v) is 13.8. The molecule has 0 amide bonds. The number of hydrogen-bond acceptors (Lipinski definition) is 0. The van der Waals surface area contributed by atoms with Crippen LogP contribution < -0.4 is 0 Å². The normalized spacial score (nSPS) is 11.5. The Labute approximate surface area is 166 Å². The molecule has 152 valence electrons. The van der Waals surface area contributed by atoms with Crippen LogP contribution in [0.3, 0.4) is 0 Å². The summed E-state index contributed by atoms with van der Waals surface area (Å²) in [6.45, 7) is 6.97. The summed E-state index contributed by atoms with van der Waals surface area (Å²) in [4.78, 5) is 0. The topological polar surface area (TPSA) is 0 Å². The Balaban J connectivity index is 3.76. The molecule has 0 saturated carbocycles. The Kier molecular flexibility index (Phi) is 23.1. The van der Waals surface area contributed by atoms with Gasteiger partial charge < -0.3 is 0 Å². The minimum atomic E-state index is -0.483. The Morgan fingerprint density at radius 2 is 0.560 bits per heavy atom. The standard InChI is InChI=1S/C24H51As/c1-4-7-10-13-16-19-22-25(23-20-17-14-11-8-5-2)24-21-18-15-12-9-6-3/h4-24H2,1-3H3. The van der Waals surface area contributed by atoms with E-state index in [-0.39, 0.29) is 0 Å². The quantitative estimate of drug-likeness (QED) is 0.129. The molecule has 0 fully saturated rings. The predicted molar refractivity (Wildman–Crippen MR) is 120 cm³/mol. The van der Waals surface area contributed by atoms with Gasteiger partial charge in [-0.05, 0) is 0 Å². The Hall–Kier alpha value is 0.558. The third-order valence-corrected chi connectivity index (χ3v) is 11.5. The van der Waals surface area contributed by atoms with Crippen LogP contribution in [0.5, 0.6) is 0 Å². The van der Waals surface area contributed by atoms with Gasteiger partial charge in [-0.15, -0.1) is 0 Å². The van der Waals surface area contributed by atoms with E-state index in [0.29, 0.717) is 0 Å². The predicted octanol–water partition coefficient (Wildman–Crippen LogP) is 9.56. The molecule has 0 aromatic carbocycles. The van der Waals surface area contributed by atoms with Gasteiger partial charge in [-0.2, -0.15) is 0 Å². The summed E-state index contributed by atoms with van der Waals surface area (Å²) >= 11 is -0.483. The van der Waals surface area contributed by atoms with Crippen LogP contribution in [0.1, 0.15) is 136 Å². The Morgan fingerprint density at radius 3 is 0.840 bits per heavy atom. The van der Waals surface area contributed by atoms with Gasteiger partial charge in [-0.1, -0.05) is 0 Å². The van der Waals surface area contributed by atoms with Crippen LogP contribution in [0.4, 0.5) is 0 Å². The average molecular weight is 415 g/mol. The first-order valence-corrected chi connectivity index (χ1v) is 16.1. The molecule has 0 rings (SSSR count). The van der Waals surface area contributed by atoms with Crippen molar-refractivity contribution in [2.24, 2.45) is 0 Å². The van der Waals surface area contributed by atoms with E-state index in [1.807, 2.05) is 0 Å². The van der Waals surface area contributed by atoms with E-state index in [9.17, 15) is 0 Å². The van der Waals surface area contributed by atoms with Crippen molar-refractivity contribution in [2.75, 3.05) is 0 Å². The summed E-state index contributed by atoms with van der Waals surface area (Å²) in [5, 5.41) is 5.01. The molecular formula is C24H51As. The molecule has 25 heavy (non-hydrogen) atoms. The molecule has 0 aromatic heterocycles. The van der Waals surface area contributed by atoms with Crippen LogP contribution >= 0.6 is 0 Å². The maximum atomic E-state index is 2.32. The fraction of sp³-hybridized carbons (Fsp3) is 1.00. The summed E-state index contributed by atoms with van der Waals surface area (Å²) in [6, 6.07) is 0. The van der Waals surface area contributed by atoms with Crippen molar-refractivity contribution in [1.29, 1.82) is 0 Å². The van der Waals surface area contributed by atoms with E-state index >= 15 is 0 Å². The van der Waals surface area contributed by atoms with Gasteiger partial charge in [0.05, 0.1) is 0 Å². The monoisotopic (exact) mass is 414 g/mol. The zero-order valence-corrected chi connectivity index (χ0v) is 20.2. The molecule has 1 heteroatoms. The van der Waals surface area contributed by atoms with Crippen molar-refractivity contribution in [1.82, 2.24) is 0 Å². The fourth-order valence-electron chi connectivity index (χ4n) is 3.68. The third kappa shape index (κ3) is 20.7. The van der Waals surface area contributed by atoms with Gasteiger partial charge in [-0.25, -0.2) is 0 Å². The zero-order valence-electron chi connectivity index (χ0n) is 18.3. The fourth-order valence-corrected chi connectivity index (χ4v) is 9.31. The van der Waals surface area contributed by atoms with Crippen LogP contribution in [-0.4, -0.2) is 14.7 Å². The van der Waals surface area contributed by atoms with Crippen molar-refractivity contribution in [2.45, 2.75) is 152 Å². The van der Waals surface area contributed by atoms with Gasteiger partial charge >= 0.3 is 167 Å². The molecule has 0 aliphatic rings. The van der Waals surface area contributed by atoms with Gasteiger partial charge in [0.1, 0.15) is 0 Å². The molecule has 0 aromatic rings. The molecule has 0 heterocycles. The van der Waals surface area contributed by atoms with Crippen LogP contribution in [0.2, 0.25) is 15.6 Å². The van der Waals surface area contributed by atoms with Gasteiger partial charge in [0, 0.05) is 0 Å². The van der Waals surface area contributed by atoms with Crippen molar-refractivity contribution >= 4 is 14.7 Å². The first-order chi connectivity index (χ1) is 12.3. The van der Waals surface area contributed by atoms with Gasteiger partial charge in [0.25, 0.3) is 0 Å². The summed E-state index contributed by atoms with van der Waals surface area (Å²) < 4.78 is 0. The SMILES string of the molecule is CCCCCCCC[As](CCCCCCCC)CCCCCCCC. The zero-order chi connectivity index (χ0) is 18.4. The van der Waals surface area contributed by atoms with Crippen molar-refractivity contribution in [3.63, 3.8) is 0 Å². The van der Waals surface area contributed by atoms with E-state index in [2.05, 4.69) is 20.8 Å². The molecule has 0 unspecified atom stereocenters. The molecule has 0 spiro atoms. The second kappa shape index (κ2) is 22.6. The van der Waals surface area contributed by atoms with E-state index in [0.717, 1.165) is 0 Å². The Bertz CT molecular complexity index is 188. The van der Waals surface area contributed by atoms with Crippen LogP contribution in [0.15, 0.2) is 0 Å². The van der Waals surface area contributed by atoms with E-state index < -0.39 is 14.7 Å². The summed E-state index contributed by atoms with van der Waals surface area (Å²) in [5.74, 6) is 0. The van der Waals surface area contributed by atoms with E-state index in [1.54, 1.807) is 34.9 Å². The van der Waals surface area contributed by atoms with Gasteiger partial charge in [-0.3, -0.25) is 0 Å². The molecule has 0 bridgehead atoms. The number of rotatable bonds is 21. The molecule has 0 aliphatic heterocycles. The molecular weight excluding hydrogens is 363 g/mol. The van der Waals surface area contributed by atoms with Gasteiger partial charge in [0.2, 0.25) is 0 Å². The van der Waals surface area contributed by atoms with E-state index in [1.165, 1.54) is 96.3 Å². The van der Waals surface area contributed by atoms with E-state index in [4.69, 9.17) is 0 Å². The molecule has 0 aliphatic carbocycles.